The summed E-state index contributed by atoms with van der Waals surface area (Å²) >= 11 is 0. The average Bonchev–Trinajstić information content (AvgIpc) is 2.22. The highest BCUT2D eigenvalue weighted by molar-refractivity contribution is 5.78. The van der Waals surface area contributed by atoms with Crippen LogP contribution in [-0.2, 0) is 4.79 Å². The van der Waals surface area contributed by atoms with Gasteiger partial charge in [0.25, 0.3) is 0 Å². The lowest BCUT2D eigenvalue weighted by atomic mass is 9.95. The molecule has 1 amide bonds. The molecule has 0 spiro atoms. The molecule has 1 unspecified atom stereocenters. The van der Waals surface area contributed by atoms with Gasteiger partial charge in [-0.05, 0) is 13.0 Å². The predicted molar refractivity (Wildman–Crippen MR) is 64.6 cm³/mol. The third kappa shape index (κ3) is 3.73. The second kappa shape index (κ2) is 6.18. The molecule has 0 aliphatic carbocycles. The topological polar surface area (TPSA) is 61.6 Å². The lowest BCUT2D eigenvalue weighted by Crippen LogP contribution is -2.54. The molecule has 5 nitrogen and oxygen atoms in total. The van der Waals surface area contributed by atoms with Gasteiger partial charge in [-0.25, -0.2) is 5.01 Å². The van der Waals surface area contributed by atoms with Crippen LogP contribution >= 0.6 is 0 Å². The van der Waals surface area contributed by atoms with E-state index in [0.29, 0.717) is 6.54 Å². The summed E-state index contributed by atoms with van der Waals surface area (Å²) in [7, 11) is 2.09. The number of rotatable bonds is 4. The van der Waals surface area contributed by atoms with E-state index < -0.39 is 0 Å². The minimum Gasteiger partial charge on any atom is -0.330 e. The fraction of sp³-hybridized carbons (Fsp3) is 0.909. The van der Waals surface area contributed by atoms with Crippen molar-refractivity contribution in [2.24, 2.45) is 17.6 Å². The van der Waals surface area contributed by atoms with Crippen LogP contribution in [0.5, 0.6) is 0 Å². The third-order valence-electron chi connectivity index (χ3n) is 3.17. The molecule has 1 rings (SSSR count). The van der Waals surface area contributed by atoms with Crippen LogP contribution in [0.4, 0.5) is 0 Å². The molecule has 1 heterocycles. The molecule has 0 saturated carbocycles. The fourth-order valence-electron chi connectivity index (χ4n) is 1.84. The zero-order valence-corrected chi connectivity index (χ0v) is 10.6. The Balaban J connectivity index is 2.38. The number of hydrogen-bond acceptors (Lipinski definition) is 4. The zero-order chi connectivity index (χ0) is 12.1. The highest BCUT2D eigenvalue weighted by atomic mass is 16.2. The van der Waals surface area contributed by atoms with E-state index in [-0.39, 0.29) is 17.7 Å². The average molecular weight is 228 g/mol. The Morgan fingerprint density at radius 3 is 2.31 bits per heavy atom. The van der Waals surface area contributed by atoms with Crippen molar-refractivity contribution in [3.63, 3.8) is 0 Å². The highest BCUT2D eigenvalue weighted by Crippen LogP contribution is 2.09. The Morgan fingerprint density at radius 2 is 1.88 bits per heavy atom. The molecule has 16 heavy (non-hydrogen) atoms. The van der Waals surface area contributed by atoms with Crippen molar-refractivity contribution in [3.05, 3.63) is 0 Å². The summed E-state index contributed by atoms with van der Waals surface area (Å²) in [5, 5.41) is 1.99. The summed E-state index contributed by atoms with van der Waals surface area (Å²) in [6.07, 6.45) is 0. The van der Waals surface area contributed by atoms with Gasteiger partial charge in [-0.15, -0.1) is 0 Å². The van der Waals surface area contributed by atoms with E-state index in [0.717, 1.165) is 26.2 Å². The van der Waals surface area contributed by atoms with Crippen LogP contribution in [0.3, 0.4) is 0 Å². The van der Waals surface area contributed by atoms with Gasteiger partial charge in [0.2, 0.25) is 5.91 Å². The second-order valence-electron chi connectivity index (χ2n) is 4.85. The molecule has 1 fully saturated rings. The van der Waals surface area contributed by atoms with Gasteiger partial charge in [0.05, 0.1) is 5.92 Å². The maximum absolute atomic E-state index is 11.9. The van der Waals surface area contributed by atoms with E-state index in [1.807, 2.05) is 18.9 Å². The lowest BCUT2D eigenvalue weighted by Gasteiger charge is -2.33. The van der Waals surface area contributed by atoms with Crippen LogP contribution in [0.1, 0.15) is 13.8 Å². The molecule has 1 aliphatic rings. The highest BCUT2D eigenvalue weighted by Gasteiger charge is 2.23. The second-order valence-corrected chi connectivity index (χ2v) is 4.85. The number of carbonyl (C=O) groups is 1. The van der Waals surface area contributed by atoms with Gasteiger partial charge >= 0.3 is 0 Å². The monoisotopic (exact) mass is 228 g/mol. The van der Waals surface area contributed by atoms with Crippen LogP contribution < -0.4 is 11.2 Å². The molecular weight excluding hydrogens is 204 g/mol. The first-order valence-corrected chi connectivity index (χ1v) is 5.98. The first kappa shape index (κ1) is 13.4. The number of carbonyl (C=O) groups excluding carboxylic acids is 1. The number of likely N-dealkylation sites (N-methyl/N-ethyl adjacent to an activating group) is 1. The maximum Gasteiger partial charge on any atom is 0.238 e. The van der Waals surface area contributed by atoms with Crippen molar-refractivity contribution < 1.29 is 4.79 Å². The van der Waals surface area contributed by atoms with E-state index >= 15 is 0 Å². The molecule has 3 N–H and O–H groups in total. The van der Waals surface area contributed by atoms with Crippen LogP contribution in [0, 0.1) is 11.8 Å². The number of amides is 1. The summed E-state index contributed by atoms with van der Waals surface area (Å²) in [5.41, 5.74) is 8.57. The number of nitrogens with zero attached hydrogens (tertiary/aromatic N) is 2. The van der Waals surface area contributed by atoms with Crippen LogP contribution in [-0.4, -0.2) is 55.6 Å². The van der Waals surface area contributed by atoms with Crippen molar-refractivity contribution in [1.82, 2.24) is 15.3 Å². The van der Waals surface area contributed by atoms with Crippen LogP contribution in [0.15, 0.2) is 0 Å². The Kier molecular flexibility index (Phi) is 5.18. The molecule has 0 aromatic carbocycles. The first-order chi connectivity index (χ1) is 7.54. The minimum absolute atomic E-state index is 0.0575. The van der Waals surface area contributed by atoms with Crippen molar-refractivity contribution in [2.45, 2.75) is 13.8 Å². The maximum atomic E-state index is 11.9. The van der Waals surface area contributed by atoms with E-state index in [1.54, 1.807) is 0 Å². The molecule has 0 aromatic rings. The zero-order valence-electron chi connectivity index (χ0n) is 10.6. The molecule has 94 valence electrons. The van der Waals surface area contributed by atoms with E-state index in [9.17, 15) is 4.79 Å². The molecule has 0 bridgehead atoms. The molecule has 0 aromatic heterocycles. The summed E-state index contributed by atoms with van der Waals surface area (Å²) < 4.78 is 0. The predicted octanol–water partition coefficient (Wildman–Crippen LogP) is -0.504. The first-order valence-electron chi connectivity index (χ1n) is 5.98. The van der Waals surface area contributed by atoms with Gasteiger partial charge in [-0.1, -0.05) is 13.8 Å². The summed E-state index contributed by atoms with van der Waals surface area (Å²) in [4.78, 5) is 14.2. The van der Waals surface area contributed by atoms with Crippen molar-refractivity contribution in [2.75, 3.05) is 39.8 Å². The van der Waals surface area contributed by atoms with Crippen LogP contribution in [0.25, 0.3) is 0 Å². The molecule has 0 radical (unpaired) electrons. The number of piperazine rings is 1. The molecule has 5 heteroatoms. The largest absolute Gasteiger partial charge is 0.330 e. The Morgan fingerprint density at radius 1 is 1.31 bits per heavy atom. The minimum atomic E-state index is -0.0837. The molecule has 1 saturated heterocycles. The third-order valence-corrected chi connectivity index (χ3v) is 3.17. The molecule has 1 atom stereocenters. The van der Waals surface area contributed by atoms with Crippen molar-refractivity contribution in [1.29, 1.82) is 0 Å². The fourth-order valence-corrected chi connectivity index (χ4v) is 1.84. The van der Waals surface area contributed by atoms with E-state index in [1.165, 1.54) is 0 Å². The number of nitrogens with one attached hydrogen (secondary N) is 1. The van der Waals surface area contributed by atoms with Gasteiger partial charge in [-0.2, -0.15) is 0 Å². The van der Waals surface area contributed by atoms with Gasteiger partial charge < -0.3 is 10.6 Å². The number of hydrazine groups is 1. The van der Waals surface area contributed by atoms with Crippen molar-refractivity contribution in [3.8, 4) is 0 Å². The van der Waals surface area contributed by atoms with E-state index in [2.05, 4.69) is 17.4 Å². The van der Waals surface area contributed by atoms with Crippen molar-refractivity contribution >= 4 is 5.91 Å². The smallest absolute Gasteiger partial charge is 0.238 e. The van der Waals surface area contributed by atoms with Crippen LogP contribution in [0.2, 0.25) is 0 Å². The normalized spacial score (nSPS) is 21.1. The van der Waals surface area contributed by atoms with E-state index in [4.69, 9.17) is 5.73 Å². The summed E-state index contributed by atoms with van der Waals surface area (Å²) in [5.74, 6) is 0.263. The molecule has 1 aliphatic heterocycles. The van der Waals surface area contributed by atoms with Gasteiger partial charge in [0, 0.05) is 32.7 Å². The van der Waals surface area contributed by atoms with Gasteiger partial charge in [0.15, 0.2) is 0 Å². The lowest BCUT2D eigenvalue weighted by molar-refractivity contribution is -0.131. The summed E-state index contributed by atoms with van der Waals surface area (Å²) in [6.45, 7) is 8.24. The van der Waals surface area contributed by atoms with Gasteiger partial charge in [-0.3, -0.25) is 10.2 Å². The standard InChI is InChI=1S/C11H24N4O/c1-9(2)10(8-12)11(16)13-15-6-4-14(3)5-7-15/h9-10H,4-8,12H2,1-3H3,(H,13,16). The molecular formula is C11H24N4O. The number of hydrogen-bond donors (Lipinski definition) is 2. The quantitative estimate of drug-likeness (QED) is 0.681. The summed E-state index contributed by atoms with van der Waals surface area (Å²) in [6, 6.07) is 0. The Labute approximate surface area is 97.9 Å². The Hall–Kier alpha value is -0.650. The SMILES string of the molecule is CC(C)C(CN)C(=O)NN1CCN(C)CC1. The number of nitrogens with two attached hydrogens (primary N) is 1. The van der Waals surface area contributed by atoms with Gasteiger partial charge in [0.1, 0.15) is 0 Å². The Bertz CT molecular complexity index is 224.